The molecule has 130 valence electrons. The number of H-pyrrole nitrogens is 1. The van der Waals surface area contributed by atoms with E-state index < -0.39 is 23.4 Å². The number of ketones is 1. The van der Waals surface area contributed by atoms with Gasteiger partial charge in [0.05, 0.1) is 0 Å². The molecule has 7 heteroatoms. The van der Waals surface area contributed by atoms with E-state index >= 15 is 0 Å². The summed E-state index contributed by atoms with van der Waals surface area (Å²) in [4.78, 5) is 16.7. The van der Waals surface area contributed by atoms with Gasteiger partial charge in [0.2, 0.25) is 12.0 Å². The fraction of sp³-hybridized carbons (Fsp3) is 0.500. The molecular formula is C18H17F3N3O+. The summed E-state index contributed by atoms with van der Waals surface area (Å²) in [6.07, 6.45) is -0.679. The SMILES string of the molecule is O=C(c1nc2[n+]([nH]1)[C@H](c1ccccc1)C[C@@H]2F)C1CC2(C1)CC2(F)F. The summed E-state index contributed by atoms with van der Waals surface area (Å²) in [5.74, 6) is -3.04. The molecular weight excluding hydrogens is 331 g/mol. The molecule has 2 fully saturated rings. The van der Waals surface area contributed by atoms with Crippen molar-refractivity contribution in [3.05, 3.63) is 47.5 Å². The Morgan fingerprint density at radius 1 is 1.24 bits per heavy atom. The highest BCUT2D eigenvalue weighted by atomic mass is 19.3. The Morgan fingerprint density at radius 2 is 1.92 bits per heavy atom. The first-order chi connectivity index (χ1) is 11.9. The number of nitrogens with zero attached hydrogens (tertiary/aromatic N) is 2. The highest BCUT2D eigenvalue weighted by Gasteiger charge is 2.76. The van der Waals surface area contributed by atoms with Gasteiger partial charge in [-0.1, -0.05) is 30.3 Å². The zero-order valence-electron chi connectivity index (χ0n) is 13.4. The standard InChI is InChI=1S/C18H16F3N3O/c19-12-6-13(10-4-2-1-3-5-10)24-16(12)22-15(23-24)14(25)11-7-17(8-11)9-18(17,20)21/h1-5,11-13H,6-9H2/p+1/t11?,12-,13-,17?/m0/s1. The molecule has 1 aliphatic heterocycles. The fourth-order valence-electron chi connectivity index (χ4n) is 4.39. The minimum atomic E-state index is -2.62. The fourth-order valence-corrected chi connectivity index (χ4v) is 4.39. The molecule has 1 spiro atoms. The largest absolute Gasteiger partial charge is 0.354 e. The van der Waals surface area contributed by atoms with Gasteiger partial charge in [-0.25, -0.2) is 13.2 Å². The second kappa shape index (κ2) is 4.71. The van der Waals surface area contributed by atoms with Crippen molar-refractivity contribution in [2.24, 2.45) is 11.3 Å². The molecule has 3 aliphatic rings. The molecule has 25 heavy (non-hydrogen) atoms. The van der Waals surface area contributed by atoms with Crippen LogP contribution in [0.2, 0.25) is 0 Å². The van der Waals surface area contributed by atoms with Crippen LogP contribution in [-0.2, 0) is 0 Å². The van der Waals surface area contributed by atoms with Crippen LogP contribution in [0.5, 0.6) is 0 Å². The monoisotopic (exact) mass is 348 g/mol. The van der Waals surface area contributed by atoms with Crippen molar-refractivity contribution in [2.45, 2.75) is 43.8 Å². The Kier molecular flexibility index (Phi) is 2.84. The van der Waals surface area contributed by atoms with Crippen LogP contribution >= 0.6 is 0 Å². The predicted octanol–water partition coefficient (Wildman–Crippen LogP) is 3.32. The lowest BCUT2D eigenvalue weighted by atomic mass is 9.69. The van der Waals surface area contributed by atoms with Gasteiger partial charge in [-0.3, -0.25) is 4.79 Å². The van der Waals surface area contributed by atoms with Gasteiger partial charge in [-0.05, 0) is 23.4 Å². The number of nitrogens with one attached hydrogen (secondary N) is 1. The van der Waals surface area contributed by atoms with E-state index in [2.05, 4.69) is 10.1 Å². The molecule has 1 N–H and O–H groups in total. The van der Waals surface area contributed by atoms with E-state index in [1.165, 1.54) is 0 Å². The predicted molar refractivity (Wildman–Crippen MR) is 80.9 cm³/mol. The van der Waals surface area contributed by atoms with E-state index in [0.29, 0.717) is 0 Å². The number of fused-ring (bicyclic) bond motifs is 1. The topological polar surface area (TPSA) is 49.6 Å². The molecule has 2 atom stereocenters. The Bertz CT molecular complexity index is 858. The number of aromatic amines is 1. The smallest absolute Gasteiger partial charge is 0.288 e. The molecule has 0 amide bonds. The summed E-state index contributed by atoms with van der Waals surface area (Å²) >= 11 is 0. The van der Waals surface area contributed by atoms with Gasteiger partial charge in [0.15, 0.2) is 0 Å². The number of Topliss-reactive ketones (excluding diaryl/α,β-unsaturated/α-hetero) is 1. The average molecular weight is 348 g/mol. The number of halogens is 3. The van der Waals surface area contributed by atoms with Crippen LogP contribution in [0.25, 0.3) is 0 Å². The van der Waals surface area contributed by atoms with Crippen molar-refractivity contribution in [1.82, 2.24) is 10.1 Å². The highest BCUT2D eigenvalue weighted by molar-refractivity contribution is 5.95. The van der Waals surface area contributed by atoms with Gasteiger partial charge in [-0.15, -0.1) is 4.68 Å². The summed E-state index contributed by atoms with van der Waals surface area (Å²) in [5, 5.41) is 2.92. The Morgan fingerprint density at radius 3 is 2.56 bits per heavy atom. The number of benzene rings is 1. The minimum absolute atomic E-state index is 0.0853. The van der Waals surface area contributed by atoms with Crippen molar-refractivity contribution in [2.75, 3.05) is 0 Å². The Hall–Kier alpha value is -2.18. The summed E-state index contributed by atoms with van der Waals surface area (Å²) in [7, 11) is 0. The molecule has 2 heterocycles. The number of carbonyl (C=O) groups is 1. The third-order valence-corrected chi connectivity index (χ3v) is 6.00. The van der Waals surface area contributed by atoms with Gasteiger partial charge in [0, 0.05) is 24.2 Å². The van der Waals surface area contributed by atoms with Crippen molar-refractivity contribution < 1.29 is 22.6 Å². The molecule has 0 bridgehead atoms. The first-order valence-electron chi connectivity index (χ1n) is 8.53. The molecule has 2 saturated carbocycles. The van der Waals surface area contributed by atoms with Gasteiger partial charge in [0.25, 0.3) is 5.92 Å². The van der Waals surface area contributed by atoms with E-state index in [4.69, 9.17) is 0 Å². The van der Waals surface area contributed by atoms with Crippen LogP contribution in [-0.4, -0.2) is 21.8 Å². The van der Waals surface area contributed by atoms with Crippen LogP contribution in [0.1, 0.15) is 59.9 Å². The maximum absolute atomic E-state index is 14.3. The van der Waals surface area contributed by atoms with E-state index in [1.54, 1.807) is 4.68 Å². The van der Waals surface area contributed by atoms with Gasteiger partial charge in [-0.2, -0.15) is 5.10 Å². The van der Waals surface area contributed by atoms with Gasteiger partial charge < -0.3 is 0 Å². The third-order valence-electron chi connectivity index (χ3n) is 6.00. The Balaban J connectivity index is 1.39. The van der Waals surface area contributed by atoms with Gasteiger partial charge >= 0.3 is 11.6 Å². The second-order valence-corrected chi connectivity index (χ2v) is 7.56. The summed E-state index contributed by atoms with van der Waals surface area (Å²) in [6, 6.07) is 9.24. The number of rotatable bonds is 3. The molecule has 0 saturated heterocycles. The zero-order chi connectivity index (χ0) is 17.4. The number of alkyl halides is 3. The van der Waals surface area contributed by atoms with Crippen LogP contribution < -0.4 is 4.68 Å². The van der Waals surface area contributed by atoms with Crippen molar-refractivity contribution in [1.29, 1.82) is 0 Å². The number of hydrogen-bond acceptors (Lipinski definition) is 2. The van der Waals surface area contributed by atoms with E-state index in [9.17, 15) is 18.0 Å². The van der Waals surface area contributed by atoms with Crippen LogP contribution in [0, 0.1) is 11.3 Å². The maximum Gasteiger partial charge on any atom is 0.354 e. The minimum Gasteiger partial charge on any atom is -0.288 e. The lowest BCUT2D eigenvalue weighted by Crippen LogP contribution is -2.41. The van der Waals surface area contributed by atoms with E-state index in [-0.39, 0.29) is 49.2 Å². The second-order valence-electron chi connectivity index (χ2n) is 7.56. The lowest BCUT2D eigenvalue weighted by molar-refractivity contribution is -0.761. The van der Waals surface area contributed by atoms with Crippen molar-refractivity contribution in [3.63, 3.8) is 0 Å². The number of aromatic nitrogens is 3. The number of carbonyl (C=O) groups excluding carboxylic acids is 1. The zero-order valence-corrected chi connectivity index (χ0v) is 13.4. The quantitative estimate of drug-likeness (QED) is 0.683. The number of hydrogen-bond donors (Lipinski definition) is 1. The van der Waals surface area contributed by atoms with Crippen LogP contribution in [0.3, 0.4) is 0 Å². The first kappa shape index (κ1) is 15.1. The Labute approximate surface area is 142 Å². The molecule has 2 aromatic rings. The van der Waals surface area contributed by atoms with Crippen LogP contribution in [0.15, 0.2) is 30.3 Å². The molecule has 1 aromatic heterocycles. The molecule has 0 unspecified atom stereocenters. The molecule has 2 aliphatic carbocycles. The third kappa shape index (κ3) is 2.04. The molecule has 5 rings (SSSR count). The summed E-state index contributed by atoms with van der Waals surface area (Å²) < 4.78 is 42.6. The van der Waals surface area contributed by atoms with Gasteiger partial charge in [0.1, 0.15) is 6.04 Å². The summed E-state index contributed by atoms with van der Waals surface area (Å²) in [6.45, 7) is 0. The first-order valence-corrected chi connectivity index (χ1v) is 8.53. The highest BCUT2D eigenvalue weighted by Crippen LogP contribution is 2.72. The van der Waals surface area contributed by atoms with E-state index in [1.807, 2.05) is 30.3 Å². The van der Waals surface area contributed by atoms with E-state index in [0.717, 1.165) is 5.56 Å². The lowest BCUT2D eigenvalue weighted by Gasteiger charge is -2.33. The normalized spacial score (nSPS) is 34.6. The van der Waals surface area contributed by atoms with Crippen molar-refractivity contribution in [3.8, 4) is 0 Å². The maximum atomic E-state index is 14.3. The molecule has 0 radical (unpaired) electrons. The molecule has 4 nitrogen and oxygen atoms in total. The summed E-state index contributed by atoms with van der Waals surface area (Å²) in [5.41, 5.74) is -0.0119. The molecule has 1 aromatic carbocycles. The average Bonchev–Trinajstić information content (AvgIpc) is 2.87. The van der Waals surface area contributed by atoms with Crippen molar-refractivity contribution >= 4 is 5.78 Å². The van der Waals surface area contributed by atoms with Crippen LogP contribution in [0.4, 0.5) is 13.2 Å².